The maximum atomic E-state index is 12.6. The molecular formula is C23H35N3O5. The number of hydrogen-bond acceptors (Lipinski definition) is 7. The molecule has 172 valence electrons. The number of methoxy groups -OCH3 is 1. The number of piperidine rings is 1. The maximum Gasteiger partial charge on any atom is 0.410 e. The van der Waals surface area contributed by atoms with Gasteiger partial charge in [0.15, 0.2) is 0 Å². The molecule has 0 saturated carbocycles. The van der Waals surface area contributed by atoms with Crippen molar-refractivity contribution in [2.24, 2.45) is 0 Å². The summed E-state index contributed by atoms with van der Waals surface area (Å²) < 4.78 is 16.4. The number of benzene rings is 1. The molecule has 2 heterocycles. The number of carbonyl (C=O) groups excluding carboxylic acids is 2. The van der Waals surface area contributed by atoms with Gasteiger partial charge in [0.25, 0.3) is 0 Å². The molecule has 2 saturated heterocycles. The monoisotopic (exact) mass is 433 g/mol. The summed E-state index contributed by atoms with van der Waals surface area (Å²) in [4.78, 5) is 30.7. The molecule has 0 unspecified atom stereocenters. The van der Waals surface area contributed by atoms with E-state index in [2.05, 4.69) is 21.9 Å². The molecule has 31 heavy (non-hydrogen) atoms. The second kappa shape index (κ2) is 9.77. The zero-order chi connectivity index (χ0) is 22.6. The number of hydrogen-bond donors (Lipinski definition) is 0. The van der Waals surface area contributed by atoms with Crippen LogP contribution in [0.5, 0.6) is 5.75 Å². The highest BCUT2D eigenvalue weighted by Gasteiger charge is 2.39. The lowest BCUT2D eigenvalue weighted by Gasteiger charge is -2.46. The van der Waals surface area contributed by atoms with Crippen LogP contribution in [0.25, 0.3) is 0 Å². The van der Waals surface area contributed by atoms with Gasteiger partial charge in [-0.25, -0.2) is 4.79 Å². The SMILES string of the molecule is COc1ccc(N2CCN([C@@H]3CN(C(=O)OC(C)(C)C)CC[C@H]3OC(C)=O)CC2)cc1. The van der Waals surface area contributed by atoms with Crippen molar-refractivity contribution in [1.29, 1.82) is 0 Å². The normalized spacial score (nSPS) is 22.7. The zero-order valence-electron chi connectivity index (χ0n) is 19.3. The summed E-state index contributed by atoms with van der Waals surface area (Å²) in [6.45, 7) is 11.5. The lowest BCUT2D eigenvalue weighted by molar-refractivity contribution is -0.153. The molecule has 1 amide bonds. The number of rotatable bonds is 4. The van der Waals surface area contributed by atoms with Crippen LogP contribution in [0, 0.1) is 0 Å². The van der Waals surface area contributed by atoms with E-state index in [-0.39, 0.29) is 24.2 Å². The summed E-state index contributed by atoms with van der Waals surface area (Å²) in [6.07, 6.45) is 0.0849. The highest BCUT2D eigenvalue weighted by atomic mass is 16.6. The summed E-state index contributed by atoms with van der Waals surface area (Å²) in [5.41, 5.74) is 0.625. The first-order valence-electron chi connectivity index (χ1n) is 10.9. The smallest absolute Gasteiger partial charge is 0.410 e. The molecule has 0 aromatic heterocycles. The van der Waals surface area contributed by atoms with Crippen LogP contribution in [0.15, 0.2) is 24.3 Å². The highest BCUT2D eigenvalue weighted by molar-refractivity contribution is 5.69. The Bertz CT molecular complexity index is 753. The Hall–Kier alpha value is -2.48. The highest BCUT2D eigenvalue weighted by Crippen LogP contribution is 2.25. The Labute approximate surface area is 185 Å². The molecule has 2 aliphatic heterocycles. The predicted octanol–water partition coefficient (Wildman–Crippen LogP) is 2.76. The number of amides is 1. The summed E-state index contributed by atoms with van der Waals surface area (Å²) >= 11 is 0. The molecule has 3 rings (SSSR count). The number of nitrogens with zero attached hydrogens (tertiary/aromatic N) is 3. The van der Waals surface area contributed by atoms with Crippen molar-refractivity contribution in [3.8, 4) is 5.75 Å². The Morgan fingerprint density at radius 1 is 1.00 bits per heavy atom. The molecule has 2 fully saturated rings. The van der Waals surface area contributed by atoms with Crippen molar-refractivity contribution >= 4 is 17.7 Å². The molecule has 2 atom stereocenters. The number of anilines is 1. The van der Waals surface area contributed by atoms with Crippen LogP contribution in [0.1, 0.15) is 34.1 Å². The van der Waals surface area contributed by atoms with Gasteiger partial charge in [-0.2, -0.15) is 0 Å². The van der Waals surface area contributed by atoms with Gasteiger partial charge in [-0.05, 0) is 45.0 Å². The van der Waals surface area contributed by atoms with E-state index < -0.39 is 5.60 Å². The minimum atomic E-state index is -0.538. The van der Waals surface area contributed by atoms with Gasteiger partial charge < -0.3 is 24.0 Å². The average Bonchev–Trinajstić information content (AvgIpc) is 2.72. The maximum absolute atomic E-state index is 12.6. The first kappa shape index (κ1) is 23.2. The van der Waals surface area contributed by atoms with Gasteiger partial charge in [-0.1, -0.05) is 0 Å². The standard InChI is InChI=1S/C23H35N3O5/c1-17(27)30-21-10-11-26(22(28)31-23(2,3)4)16-20(21)25-14-12-24(13-15-25)18-6-8-19(29-5)9-7-18/h6-9,20-21H,10-16H2,1-5H3/t20-,21-/m1/s1. The van der Waals surface area contributed by atoms with E-state index in [9.17, 15) is 9.59 Å². The van der Waals surface area contributed by atoms with Gasteiger partial charge in [-0.3, -0.25) is 9.69 Å². The minimum absolute atomic E-state index is 0.0387. The van der Waals surface area contributed by atoms with E-state index in [4.69, 9.17) is 14.2 Å². The van der Waals surface area contributed by atoms with Crippen molar-refractivity contribution in [3.05, 3.63) is 24.3 Å². The summed E-state index contributed by atoms with van der Waals surface area (Å²) in [5.74, 6) is 0.564. The van der Waals surface area contributed by atoms with E-state index in [0.29, 0.717) is 19.5 Å². The molecule has 1 aromatic carbocycles. The Morgan fingerprint density at radius 2 is 1.65 bits per heavy atom. The molecule has 0 aliphatic carbocycles. The van der Waals surface area contributed by atoms with Crippen LogP contribution in [-0.2, 0) is 14.3 Å². The molecule has 8 heteroatoms. The molecule has 0 spiro atoms. The van der Waals surface area contributed by atoms with Crippen LogP contribution in [0.2, 0.25) is 0 Å². The third-order valence-corrected chi connectivity index (χ3v) is 5.71. The van der Waals surface area contributed by atoms with Crippen molar-refractivity contribution in [1.82, 2.24) is 9.80 Å². The Kier molecular flexibility index (Phi) is 7.30. The molecule has 0 N–H and O–H groups in total. The van der Waals surface area contributed by atoms with Crippen LogP contribution in [-0.4, -0.2) is 86.0 Å². The minimum Gasteiger partial charge on any atom is -0.497 e. The summed E-state index contributed by atoms with van der Waals surface area (Å²) in [7, 11) is 1.66. The van der Waals surface area contributed by atoms with Crippen LogP contribution in [0.3, 0.4) is 0 Å². The van der Waals surface area contributed by atoms with Gasteiger partial charge in [0.1, 0.15) is 17.5 Å². The van der Waals surface area contributed by atoms with Gasteiger partial charge in [0, 0.05) is 58.3 Å². The van der Waals surface area contributed by atoms with Crippen molar-refractivity contribution in [2.75, 3.05) is 51.3 Å². The van der Waals surface area contributed by atoms with Crippen molar-refractivity contribution in [2.45, 2.75) is 51.9 Å². The third kappa shape index (κ3) is 6.26. The van der Waals surface area contributed by atoms with E-state index in [0.717, 1.165) is 37.6 Å². The summed E-state index contributed by atoms with van der Waals surface area (Å²) in [5, 5.41) is 0. The first-order chi connectivity index (χ1) is 14.7. The Morgan fingerprint density at radius 3 is 2.19 bits per heavy atom. The molecule has 8 nitrogen and oxygen atoms in total. The van der Waals surface area contributed by atoms with Crippen molar-refractivity contribution < 1.29 is 23.8 Å². The van der Waals surface area contributed by atoms with E-state index in [1.54, 1.807) is 12.0 Å². The van der Waals surface area contributed by atoms with Crippen LogP contribution >= 0.6 is 0 Å². The molecule has 0 radical (unpaired) electrons. The number of likely N-dealkylation sites (tertiary alicyclic amines) is 1. The van der Waals surface area contributed by atoms with Crippen molar-refractivity contribution in [3.63, 3.8) is 0 Å². The first-order valence-corrected chi connectivity index (χ1v) is 10.9. The Balaban J connectivity index is 1.65. The number of esters is 1. The largest absolute Gasteiger partial charge is 0.497 e. The van der Waals surface area contributed by atoms with Gasteiger partial charge in [0.05, 0.1) is 13.2 Å². The second-order valence-electron chi connectivity index (χ2n) is 9.15. The van der Waals surface area contributed by atoms with Crippen LogP contribution in [0.4, 0.5) is 10.5 Å². The van der Waals surface area contributed by atoms with Gasteiger partial charge >= 0.3 is 12.1 Å². The van der Waals surface area contributed by atoms with E-state index in [1.807, 2.05) is 32.9 Å². The quantitative estimate of drug-likeness (QED) is 0.676. The lowest BCUT2D eigenvalue weighted by atomic mass is 9.99. The fourth-order valence-corrected chi connectivity index (χ4v) is 4.21. The third-order valence-electron chi connectivity index (χ3n) is 5.71. The number of piperazine rings is 1. The topological polar surface area (TPSA) is 71.6 Å². The fraction of sp³-hybridized carbons (Fsp3) is 0.652. The van der Waals surface area contributed by atoms with E-state index >= 15 is 0 Å². The van der Waals surface area contributed by atoms with Gasteiger partial charge in [-0.15, -0.1) is 0 Å². The van der Waals surface area contributed by atoms with Gasteiger partial charge in [0.2, 0.25) is 0 Å². The molecule has 0 bridgehead atoms. The second-order valence-corrected chi connectivity index (χ2v) is 9.15. The fourth-order valence-electron chi connectivity index (χ4n) is 4.21. The average molecular weight is 434 g/mol. The molecular weight excluding hydrogens is 398 g/mol. The summed E-state index contributed by atoms with van der Waals surface area (Å²) in [6, 6.07) is 8.04. The number of carbonyl (C=O) groups is 2. The van der Waals surface area contributed by atoms with Crippen LogP contribution < -0.4 is 9.64 Å². The zero-order valence-corrected chi connectivity index (χ0v) is 19.3. The lowest BCUT2D eigenvalue weighted by Crippen LogP contribution is -2.61. The predicted molar refractivity (Wildman–Crippen MR) is 119 cm³/mol. The molecule has 1 aromatic rings. The van der Waals surface area contributed by atoms with E-state index in [1.165, 1.54) is 6.92 Å². The molecule has 2 aliphatic rings. The number of ether oxygens (including phenoxy) is 3.